The molecule has 21 heavy (non-hydrogen) atoms. The molecule has 0 aromatic heterocycles. The average Bonchev–Trinajstić information content (AvgIpc) is 2.92. The summed E-state index contributed by atoms with van der Waals surface area (Å²) in [6.45, 7) is 4.63. The molecule has 0 radical (unpaired) electrons. The van der Waals surface area contributed by atoms with Crippen LogP contribution < -0.4 is 4.90 Å². The highest BCUT2D eigenvalue weighted by atomic mass is 19.1. The number of para-hydroxylation sites is 1. The van der Waals surface area contributed by atoms with Crippen molar-refractivity contribution in [2.75, 3.05) is 37.6 Å². The van der Waals surface area contributed by atoms with E-state index in [9.17, 15) is 9.18 Å². The smallest absolute Gasteiger partial charge is 0.146 e. The summed E-state index contributed by atoms with van der Waals surface area (Å²) in [5.41, 5.74) is 0.711. The first kappa shape index (κ1) is 14.5. The molecule has 1 atom stereocenters. The van der Waals surface area contributed by atoms with Gasteiger partial charge in [-0.2, -0.15) is 0 Å². The normalized spacial score (nSPS) is 23.8. The maximum absolute atomic E-state index is 13.8. The minimum absolute atomic E-state index is 0.137. The third-order valence-electron chi connectivity index (χ3n) is 4.79. The number of benzene rings is 1. The number of carbonyl (C=O) groups is 1. The van der Waals surface area contributed by atoms with Gasteiger partial charge in [-0.05, 0) is 37.9 Å². The van der Waals surface area contributed by atoms with E-state index in [1.165, 1.54) is 6.07 Å². The molecule has 2 fully saturated rings. The van der Waals surface area contributed by atoms with Crippen molar-refractivity contribution in [3.05, 3.63) is 30.1 Å². The van der Waals surface area contributed by atoms with E-state index in [0.717, 1.165) is 58.4 Å². The van der Waals surface area contributed by atoms with Crippen molar-refractivity contribution in [1.29, 1.82) is 0 Å². The summed E-state index contributed by atoms with van der Waals surface area (Å²) in [5, 5.41) is 0. The molecule has 1 unspecified atom stereocenters. The van der Waals surface area contributed by atoms with E-state index in [1.54, 1.807) is 6.07 Å². The lowest BCUT2D eigenvalue weighted by atomic mass is 10.0. The number of nitrogens with zero attached hydrogens (tertiary/aromatic N) is 2. The van der Waals surface area contributed by atoms with Crippen molar-refractivity contribution >= 4 is 11.5 Å². The van der Waals surface area contributed by atoms with E-state index < -0.39 is 0 Å². The van der Waals surface area contributed by atoms with Gasteiger partial charge in [0, 0.05) is 38.5 Å². The van der Waals surface area contributed by atoms with Gasteiger partial charge in [0.15, 0.2) is 0 Å². The molecule has 0 spiro atoms. The predicted octanol–water partition coefficient (Wildman–Crippen LogP) is 2.71. The fourth-order valence-electron chi connectivity index (χ4n) is 3.45. The molecular weight excluding hydrogens is 267 g/mol. The van der Waals surface area contributed by atoms with E-state index >= 15 is 0 Å². The first-order valence-corrected chi connectivity index (χ1v) is 7.98. The monoisotopic (exact) mass is 290 g/mol. The van der Waals surface area contributed by atoms with Gasteiger partial charge in [-0.15, -0.1) is 0 Å². The lowest BCUT2D eigenvalue weighted by molar-refractivity contribution is -0.120. The maximum Gasteiger partial charge on any atom is 0.146 e. The van der Waals surface area contributed by atoms with Crippen LogP contribution in [0.4, 0.5) is 10.1 Å². The second-order valence-corrected chi connectivity index (χ2v) is 6.12. The molecule has 1 aromatic rings. The third-order valence-corrected chi connectivity index (χ3v) is 4.79. The van der Waals surface area contributed by atoms with Crippen LogP contribution in [0.3, 0.4) is 0 Å². The second kappa shape index (κ2) is 6.56. The number of hydrogen-bond donors (Lipinski definition) is 0. The van der Waals surface area contributed by atoms with Crippen LogP contribution in [0.1, 0.15) is 25.7 Å². The second-order valence-electron chi connectivity index (χ2n) is 6.12. The molecule has 114 valence electrons. The van der Waals surface area contributed by atoms with Crippen LogP contribution in [0.5, 0.6) is 0 Å². The number of Topliss-reactive ketones (excluding diaryl/α,β-unsaturated/α-hetero) is 1. The van der Waals surface area contributed by atoms with Gasteiger partial charge in [0.2, 0.25) is 0 Å². The molecule has 1 aromatic carbocycles. The van der Waals surface area contributed by atoms with Crippen molar-refractivity contribution < 1.29 is 9.18 Å². The summed E-state index contributed by atoms with van der Waals surface area (Å²) < 4.78 is 13.8. The molecule has 0 bridgehead atoms. The molecule has 2 aliphatic rings. The largest absolute Gasteiger partial charge is 0.367 e. The van der Waals surface area contributed by atoms with Crippen molar-refractivity contribution in [2.45, 2.75) is 25.7 Å². The van der Waals surface area contributed by atoms with Crippen LogP contribution in [0.25, 0.3) is 0 Å². The molecule has 1 aliphatic carbocycles. The first-order chi connectivity index (χ1) is 10.2. The van der Waals surface area contributed by atoms with Crippen LogP contribution >= 0.6 is 0 Å². The average molecular weight is 290 g/mol. The zero-order valence-corrected chi connectivity index (χ0v) is 12.4. The minimum atomic E-state index is -0.137. The van der Waals surface area contributed by atoms with Crippen LogP contribution in [-0.4, -0.2) is 43.4 Å². The Morgan fingerprint density at radius 2 is 1.90 bits per heavy atom. The van der Waals surface area contributed by atoms with E-state index in [0.29, 0.717) is 17.4 Å². The highest BCUT2D eigenvalue weighted by Gasteiger charge is 2.25. The summed E-state index contributed by atoms with van der Waals surface area (Å²) >= 11 is 0. The first-order valence-electron chi connectivity index (χ1n) is 7.98. The summed E-state index contributed by atoms with van der Waals surface area (Å²) in [6, 6.07) is 6.99. The summed E-state index contributed by atoms with van der Waals surface area (Å²) in [7, 11) is 0. The van der Waals surface area contributed by atoms with Crippen molar-refractivity contribution in [3.8, 4) is 0 Å². The number of rotatable bonds is 4. The predicted molar refractivity (Wildman–Crippen MR) is 82.0 cm³/mol. The highest BCUT2D eigenvalue weighted by Crippen LogP contribution is 2.25. The summed E-state index contributed by atoms with van der Waals surface area (Å²) in [5.74, 6) is 0.622. The Morgan fingerprint density at radius 3 is 2.57 bits per heavy atom. The van der Waals surface area contributed by atoms with Gasteiger partial charge in [0.05, 0.1) is 5.69 Å². The lowest BCUT2D eigenvalue weighted by Gasteiger charge is -2.36. The Labute approximate surface area is 125 Å². The van der Waals surface area contributed by atoms with E-state index in [1.807, 2.05) is 12.1 Å². The Morgan fingerprint density at radius 1 is 1.14 bits per heavy atom. The van der Waals surface area contributed by atoms with E-state index in [4.69, 9.17) is 0 Å². The Balaban J connectivity index is 1.47. The third kappa shape index (κ3) is 3.43. The molecule has 0 amide bonds. The standard InChI is InChI=1S/C17H23FN2O/c18-15-5-1-2-6-16(15)20-12-10-19(11-13-20)9-8-14-4-3-7-17(14)21/h1-2,5-6,14H,3-4,7-13H2. The molecule has 1 saturated carbocycles. The Kier molecular flexibility index (Phi) is 4.54. The minimum Gasteiger partial charge on any atom is -0.367 e. The topological polar surface area (TPSA) is 23.6 Å². The van der Waals surface area contributed by atoms with Gasteiger partial charge in [-0.25, -0.2) is 4.39 Å². The number of anilines is 1. The lowest BCUT2D eigenvalue weighted by Crippen LogP contribution is -2.47. The maximum atomic E-state index is 13.8. The number of halogens is 1. The zero-order chi connectivity index (χ0) is 14.7. The Bertz CT molecular complexity index is 497. The molecule has 3 rings (SSSR count). The van der Waals surface area contributed by atoms with E-state index in [2.05, 4.69) is 9.80 Å². The number of piperazine rings is 1. The van der Waals surface area contributed by atoms with Crippen LogP contribution in [-0.2, 0) is 4.79 Å². The number of hydrogen-bond acceptors (Lipinski definition) is 3. The van der Waals surface area contributed by atoms with Gasteiger partial charge in [-0.3, -0.25) is 9.69 Å². The van der Waals surface area contributed by atoms with Gasteiger partial charge in [-0.1, -0.05) is 12.1 Å². The summed E-state index contributed by atoms with van der Waals surface area (Å²) in [6.07, 6.45) is 3.93. The number of ketones is 1. The Hall–Kier alpha value is -1.42. The number of carbonyl (C=O) groups excluding carboxylic acids is 1. The van der Waals surface area contributed by atoms with Gasteiger partial charge >= 0.3 is 0 Å². The van der Waals surface area contributed by atoms with Gasteiger partial charge < -0.3 is 4.90 Å². The molecule has 1 aliphatic heterocycles. The molecule has 1 heterocycles. The SMILES string of the molecule is O=C1CCCC1CCN1CCN(c2ccccc2F)CC1. The fraction of sp³-hybridized carbons (Fsp3) is 0.588. The quantitative estimate of drug-likeness (QED) is 0.852. The van der Waals surface area contributed by atoms with Crippen molar-refractivity contribution in [1.82, 2.24) is 4.90 Å². The van der Waals surface area contributed by atoms with Crippen LogP contribution in [0.15, 0.2) is 24.3 Å². The fourth-order valence-corrected chi connectivity index (χ4v) is 3.45. The van der Waals surface area contributed by atoms with Crippen molar-refractivity contribution in [2.24, 2.45) is 5.92 Å². The van der Waals surface area contributed by atoms with Gasteiger partial charge in [0.1, 0.15) is 11.6 Å². The molecule has 1 saturated heterocycles. The summed E-state index contributed by atoms with van der Waals surface area (Å²) in [4.78, 5) is 16.2. The molecule has 4 heteroatoms. The van der Waals surface area contributed by atoms with Crippen LogP contribution in [0.2, 0.25) is 0 Å². The van der Waals surface area contributed by atoms with Gasteiger partial charge in [0.25, 0.3) is 0 Å². The zero-order valence-electron chi connectivity index (χ0n) is 12.4. The molecule has 3 nitrogen and oxygen atoms in total. The van der Waals surface area contributed by atoms with Crippen molar-refractivity contribution in [3.63, 3.8) is 0 Å². The van der Waals surface area contributed by atoms with Crippen LogP contribution in [0, 0.1) is 11.7 Å². The molecular formula is C17H23FN2O. The molecule has 0 N–H and O–H groups in total. The van der Waals surface area contributed by atoms with E-state index in [-0.39, 0.29) is 5.82 Å². The highest BCUT2D eigenvalue weighted by molar-refractivity contribution is 5.82.